The fraction of sp³-hybridized carbons (Fsp3) is 0.526. The van der Waals surface area contributed by atoms with Gasteiger partial charge in [-0.1, -0.05) is 25.8 Å². The van der Waals surface area contributed by atoms with Gasteiger partial charge in [0.05, 0.1) is 5.69 Å². The van der Waals surface area contributed by atoms with E-state index >= 15 is 0 Å². The first kappa shape index (κ1) is 20.8. The first-order valence-corrected chi connectivity index (χ1v) is 12.5. The molecular formula is C19H27N3O2S3. The Morgan fingerprint density at radius 2 is 1.93 bits per heavy atom. The van der Waals surface area contributed by atoms with Crippen molar-refractivity contribution in [2.75, 3.05) is 43.1 Å². The number of hydrogen-bond donors (Lipinski definition) is 0. The van der Waals surface area contributed by atoms with E-state index in [1.165, 1.54) is 5.75 Å². The number of nitrogens with zero attached hydrogens (tertiary/aromatic N) is 3. The van der Waals surface area contributed by atoms with Gasteiger partial charge in [-0.25, -0.2) is 9.29 Å². The van der Waals surface area contributed by atoms with Crippen molar-refractivity contribution in [3.05, 3.63) is 35.3 Å². The lowest BCUT2D eigenvalue weighted by molar-refractivity contribution is 0.302. The Morgan fingerprint density at radius 3 is 2.56 bits per heavy atom. The van der Waals surface area contributed by atoms with E-state index in [0.29, 0.717) is 6.61 Å². The molecule has 2 aromatic rings. The molecule has 1 aliphatic heterocycles. The van der Waals surface area contributed by atoms with E-state index in [0.717, 1.165) is 53.6 Å². The molecular weight excluding hydrogens is 398 g/mol. The summed E-state index contributed by atoms with van der Waals surface area (Å²) >= 11 is 2.69. The highest BCUT2D eigenvalue weighted by Crippen LogP contribution is 2.25. The molecule has 8 heteroatoms. The van der Waals surface area contributed by atoms with E-state index in [4.69, 9.17) is 9.72 Å². The predicted molar refractivity (Wildman–Crippen MR) is 116 cm³/mol. The largest absolute Gasteiger partial charge is 0.612 e. The van der Waals surface area contributed by atoms with Crippen LogP contribution in [0.15, 0.2) is 34.5 Å². The number of benzene rings is 1. The Hall–Kier alpha value is -0.930. The molecule has 1 saturated heterocycles. The maximum Gasteiger partial charge on any atom is 0.185 e. The van der Waals surface area contributed by atoms with Crippen LogP contribution in [0.2, 0.25) is 0 Å². The number of aromatic nitrogens is 1. The van der Waals surface area contributed by atoms with E-state index in [9.17, 15) is 4.55 Å². The van der Waals surface area contributed by atoms with Crippen LogP contribution in [0.1, 0.15) is 19.5 Å². The zero-order chi connectivity index (χ0) is 19.2. The topological polar surface area (TPSA) is 51.7 Å². The van der Waals surface area contributed by atoms with Gasteiger partial charge >= 0.3 is 0 Å². The van der Waals surface area contributed by atoms with Gasteiger partial charge in [0.2, 0.25) is 0 Å². The van der Waals surface area contributed by atoms with Crippen molar-refractivity contribution in [1.82, 2.24) is 9.29 Å². The molecule has 0 N–H and O–H groups in total. The lowest BCUT2D eigenvalue weighted by atomic mass is 10.3. The molecule has 148 valence electrons. The summed E-state index contributed by atoms with van der Waals surface area (Å²) in [5.74, 6) is 2.69. The summed E-state index contributed by atoms with van der Waals surface area (Å²) in [6.45, 7) is 9.18. The summed E-state index contributed by atoms with van der Waals surface area (Å²) in [6, 6.07) is 7.40. The molecule has 1 aromatic carbocycles. The summed E-state index contributed by atoms with van der Waals surface area (Å²) in [7, 11) is 0. The molecule has 3 rings (SSSR count). The highest BCUT2D eigenvalue weighted by Gasteiger charge is 2.20. The quantitative estimate of drug-likeness (QED) is 0.472. The van der Waals surface area contributed by atoms with Gasteiger partial charge in [-0.05, 0) is 41.4 Å². The number of anilines is 1. The number of rotatable bonds is 8. The average molecular weight is 426 g/mol. The molecule has 0 saturated carbocycles. The summed E-state index contributed by atoms with van der Waals surface area (Å²) in [4.78, 5) is 7.92. The van der Waals surface area contributed by atoms with Crippen molar-refractivity contribution >= 4 is 39.6 Å². The Bertz CT molecular complexity index is 698. The summed E-state index contributed by atoms with van der Waals surface area (Å²) in [5, 5.41) is 3.16. The van der Waals surface area contributed by atoms with E-state index in [1.807, 2.05) is 36.2 Å². The molecule has 0 amide bonds. The summed E-state index contributed by atoms with van der Waals surface area (Å²) < 4.78 is 19.7. The van der Waals surface area contributed by atoms with Gasteiger partial charge in [0.25, 0.3) is 0 Å². The normalized spacial score (nSPS) is 16.7. The molecule has 0 radical (unpaired) electrons. The zero-order valence-corrected chi connectivity index (χ0v) is 18.5. The standard InChI is InChI=1S/C19H27N3O2S3/c1-15(2)13-26-22-10-8-21(9-11-22)19-20-16(14-25-19)12-24-17-4-6-18(7-5-17)27(3)23/h4-7,14-15H,8-13H2,1-3H3. The minimum atomic E-state index is -0.960. The molecule has 1 atom stereocenters. The first-order valence-electron chi connectivity index (χ1n) is 9.15. The predicted octanol–water partition coefficient (Wildman–Crippen LogP) is 3.89. The van der Waals surface area contributed by atoms with Gasteiger partial charge < -0.3 is 14.2 Å². The second-order valence-corrected chi connectivity index (χ2v) is 10.3. The van der Waals surface area contributed by atoms with Crippen LogP contribution >= 0.6 is 23.3 Å². The van der Waals surface area contributed by atoms with Crippen molar-refractivity contribution in [2.45, 2.75) is 25.3 Å². The highest BCUT2D eigenvalue weighted by atomic mass is 32.2. The van der Waals surface area contributed by atoms with Crippen LogP contribution in [0.5, 0.6) is 5.75 Å². The van der Waals surface area contributed by atoms with Crippen LogP contribution in [0.3, 0.4) is 0 Å². The second kappa shape index (κ2) is 10.0. The monoisotopic (exact) mass is 425 g/mol. The number of piperazine rings is 1. The van der Waals surface area contributed by atoms with Gasteiger partial charge in [0, 0.05) is 37.3 Å². The van der Waals surface area contributed by atoms with Crippen molar-refractivity contribution in [2.24, 2.45) is 5.92 Å². The fourth-order valence-corrected chi connectivity index (χ4v) is 4.97. The molecule has 0 aliphatic carbocycles. The lowest BCUT2D eigenvalue weighted by Gasteiger charge is -2.34. The Balaban J connectivity index is 1.46. The van der Waals surface area contributed by atoms with Crippen molar-refractivity contribution < 1.29 is 9.29 Å². The third-order valence-corrected chi connectivity index (χ3v) is 7.61. The molecule has 1 fully saturated rings. The van der Waals surface area contributed by atoms with Crippen LogP contribution < -0.4 is 9.64 Å². The van der Waals surface area contributed by atoms with Crippen LogP contribution in [0, 0.1) is 5.92 Å². The van der Waals surface area contributed by atoms with Crippen LogP contribution in [0.25, 0.3) is 0 Å². The molecule has 2 heterocycles. The van der Waals surface area contributed by atoms with Gasteiger partial charge in [0.15, 0.2) is 10.0 Å². The average Bonchev–Trinajstić information content (AvgIpc) is 3.14. The Morgan fingerprint density at radius 1 is 1.22 bits per heavy atom. The molecule has 5 nitrogen and oxygen atoms in total. The van der Waals surface area contributed by atoms with E-state index in [1.54, 1.807) is 17.6 Å². The smallest absolute Gasteiger partial charge is 0.185 e. The lowest BCUT2D eigenvalue weighted by Crippen LogP contribution is -2.43. The Labute approximate surface area is 173 Å². The minimum Gasteiger partial charge on any atom is -0.612 e. The maximum absolute atomic E-state index is 11.4. The van der Waals surface area contributed by atoms with Crippen LogP contribution in [0.4, 0.5) is 5.13 Å². The molecule has 27 heavy (non-hydrogen) atoms. The third-order valence-electron chi connectivity index (χ3n) is 4.18. The Kier molecular flexibility index (Phi) is 7.72. The zero-order valence-electron chi connectivity index (χ0n) is 16.1. The number of hydrogen-bond acceptors (Lipinski definition) is 7. The van der Waals surface area contributed by atoms with Crippen molar-refractivity contribution in [1.29, 1.82) is 0 Å². The summed E-state index contributed by atoms with van der Waals surface area (Å²) in [6.07, 6.45) is 1.68. The molecule has 1 aromatic heterocycles. The van der Waals surface area contributed by atoms with E-state index in [-0.39, 0.29) is 0 Å². The summed E-state index contributed by atoms with van der Waals surface area (Å²) in [5.41, 5.74) is 0.953. The van der Waals surface area contributed by atoms with Gasteiger partial charge in [-0.15, -0.1) is 11.3 Å². The molecule has 1 unspecified atom stereocenters. The maximum atomic E-state index is 11.4. The molecule has 1 aliphatic rings. The number of thiazole rings is 1. The highest BCUT2D eigenvalue weighted by molar-refractivity contribution is 7.97. The van der Waals surface area contributed by atoms with Gasteiger partial charge in [0.1, 0.15) is 18.6 Å². The van der Waals surface area contributed by atoms with Crippen LogP contribution in [-0.4, -0.2) is 52.0 Å². The van der Waals surface area contributed by atoms with E-state index in [2.05, 4.69) is 28.4 Å². The van der Waals surface area contributed by atoms with E-state index < -0.39 is 11.2 Å². The SMILES string of the molecule is CC(C)CSN1CCN(c2nc(COc3ccc([S+](C)[O-])cc3)cs2)CC1. The third kappa shape index (κ3) is 6.29. The van der Waals surface area contributed by atoms with Gasteiger partial charge in [-0.3, -0.25) is 0 Å². The molecule has 0 bridgehead atoms. The van der Waals surface area contributed by atoms with Gasteiger partial charge in [-0.2, -0.15) is 0 Å². The second-order valence-electron chi connectivity index (χ2n) is 6.94. The van der Waals surface area contributed by atoms with Crippen LogP contribution in [-0.2, 0) is 17.8 Å². The minimum absolute atomic E-state index is 0.454. The fourth-order valence-electron chi connectivity index (χ4n) is 2.66. The van der Waals surface area contributed by atoms with Crippen molar-refractivity contribution in [3.8, 4) is 5.75 Å². The first-order chi connectivity index (χ1) is 13.0. The van der Waals surface area contributed by atoms with Crippen molar-refractivity contribution in [3.63, 3.8) is 0 Å². The number of ether oxygens (including phenoxy) is 1. The molecule has 0 spiro atoms.